The van der Waals surface area contributed by atoms with E-state index in [9.17, 15) is 14.0 Å². The predicted molar refractivity (Wildman–Crippen MR) is 77.7 cm³/mol. The minimum Gasteiger partial charge on any atom is -0.442 e. The number of amides is 2. The molecule has 1 aliphatic rings. The van der Waals surface area contributed by atoms with E-state index in [-0.39, 0.29) is 24.5 Å². The molecule has 9 nitrogen and oxygen atoms in total. The molecule has 0 spiro atoms. The molecule has 1 N–H and O–H groups in total. The molecular weight excluding hydrogens is 319 g/mol. The smallest absolute Gasteiger partial charge is 0.414 e. The first kappa shape index (κ1) is 15.4. The normalized spacial score (nSPS) is 16.6. The molecule has 0 saturated carbocycles. The van der Waals surface area contributed by atoms with Gasteiger partial charge in [0.25, 0.3) is 0 Å². The van der Waals surface area contributed by atoms with Crippen molar-refractivity contribution in [2.75, 3.05) is 18.0 Å². The number of nitrogens with zero attached hydrogens (tertiary/aromatic N) is 5. The van der Waals surface area contributed by atoms with Crippen LogP contribution in [-0.4, -0.2) is 46.7 Å². The van der Waals surface area contributed by atoms with Crippen molar-refractivity contribution in [3.05, 3.63) is 35.9 Å². The lowest BCUT2D eigenvalue weighted by molar-refractivity contribution is -0.109. The number of carbonyl (C=O) groups is 2. The van der Waals surface area contributed by atoms with Gasteiger partial charge in [-0.05, 0) is 18.2 Å². The Labute approximate surface area is 135 Å². The molecule has 2 amide bonds. The average molecular weight is 330 g/mol. The Bertz CT molecular complexity index is 830. The third-order valence-electron chi connectivity index (χ3n) is 3.40. The zero-order chi connectivity index (χ0) is 17.1. The van der Waals surface area contributed by atoms with Crippen LogP contribution in [0.25, 0.3) is 5.69 Å². The largest absolute Gasteiger partial charge is 0.442 e. The molecule has 1 unspecified atom stereocenters. The van der Waals surface area contributed by atoms with E-state index in [2.05, 4.69) is 15.6 Å². The lowest BCUT2D eigenvalue weighted by Crippen LogP contribution is -2.30. The molecule has 1 aromatic carbocycles. The van der Waals surface area contributed by atoms with Crippen LogP contribution in [0.1, 0.15) is 5.69 Å². The second-order valence-electron chi connectivity index (χ2n) is 4.94. The molecule has 0 bridgehead atoms. The van der Waals surface area contributed by atoms with E-state index in [4.69, 9.17) is 10.00 Å². The number of cyclic esters (lactones) is 1. The maximum Gasteiger partial charge on any atom is 0.414 e. The predicted octanol–water partition coefficient (Wildman–Crippen LogP) is 0.349. The summed E-state index contributed by atoms with van der Waals surface area (Å²) < 4.78 is 20.5. The fraction of sp³-hybridized carbons (Fsp3) is 0.214. The lowest BCUT2D eigenvalue weighted by Gasteiger charge is -2.14. The van der Waals surface area contributed by atoms with Crippen molar-refractivity contribution in [1.82, 2.24) is 20.3 Å². The summed E-state index contributed by atoms with van der Waals surface area (Å²) in [7, 11) is 0. The van der Waals surface area contributed by atoms with Gasteiger partial charge in [-0.15, -0.1) is 5.10 Å². The van der Waals surface area contributed by atoms with Crippen LogP contribution < -0.4 is 10.2 Å². The second-order valence-corrected chi connectivity index (χ2v) is 4.94. The molecule has 3 rings (SSSR count). The van der Waals surface area contributed by atoms with Crippen molar-refractivity contribution < 1.29 is 18.7 Å². The van der Waals surface area contributed by atoms with Gasteiger partial charge in [0.2, 0.25) is 6.41 Å². The molecule has 10 heteroatoms. The molecule has 1 saturated heterocycles. The Hall–Kier alpha value is -3.48. The monoisotopic (exact) mass is 330 g/mol. The zero-order valence-corrected chi connectivity index (χ0v) is 12.2. The number of hydrogen-bond acceptors (Lipinski definition) is 6. The fourth-order valence-corrected chi connectivity index (χ4v) is 2.30. The van der Waals surface area contributed by atoms with E-state index in [0.717, 1.165) is 4.68 Å². The minimum atomic E-state index is -0.635. The van der Waals surface area contributed by atoms with Gasteiger partial charge >= 0.3 is 6.09 Å². The van der Waals surface area contributed by atoms with Gasteiger partial charge in [0.1, 0.15) is 17.9 Å². The summed E-state index contributed by atoms with van der Waals surface area (Å²) in [6.07, 6.45) is 0.688. The molecule has 1 aromatic heterocycles. The molecule has 2 heterocycles. The van der Waals surface area contributed by atoms with Crippen LogP contribution in [0.3, 0.4) is 0 Å². The number of nitriles is 1. The van der Waals surface area contributed by atoms with Crippen LogP contribution in [0.2, 0.25) is 0 Å². The third kappa shape index (κ3) is 2.87. The SMILES string of the molecule is N#Cc1cn(-c2ccc(N3CC(CNC=O)OC3=O)cc2F)nn1. The number of hydrogen-bond donors (Lipinski definition) is 1. The maximum absolute atomic E-state index is 14.3. The highest BCUT2D eigenvalue weighted by Gasteiger charge is 2.32. The third-order valence-corrected chi connectivity index (χ3v) is 3.40. The van der Waals surface area contributed by atoms with E-state index in [1.165, 1.54) is 29.3 Å². The number of nitrogens with one attached hydrogen (secondary N) is 1. The molecule has 1 atom stereocenters. The summed E-state index contributed by atoms with van der Waals surface area (Å²) in [6.45, 7) is 0.378. The number of rotatable bonds is 5. The van der Waals surface area contributed by atoms with Gasteiger partial charge in [0.15, 0.2) is 11.5 Å². The van der Waals surface area contributed by atoms with Crippen molar-refractivity contribution in [3.8, 4) is 11.8 Å². The summed E-state index contributed by atoms with van der Waals surface area (Å²) in [5, 5.41) is 18.4. The standard InChI is InChI=1S/C14H11FN6O3/c15-12-3-10(20-7-11(5-17-8-22)24-14(20)23)1-2-13(12)21-6-9(4-16)18-19-21/h1-3,6,8,11H,5,7H2,(H,17,22). The van der Waals surface area contributed by atoms with Gasteiger partial charge in [-0.25, -0.2) is 13.9 Å². The summed E-state index contributed by atoms with van der Waals surface area (Å²) in [4.78, 5) is 23.4. The van der Waals surface area contributed by atoms with Gasteiger partial charge in [0, 0.05) is 0 Å². The van der Waals surface area contributed by atoms with E-state index < -0.39 is 18.0 Å². The van der Waals surface area contributed by atoms with Gasteiger partial charge in [-0.3, -0.25) is 9.69 Å². The van der Waals surface area contributed by atoms with Crippen molar-refractivity contribution >= 4 is 18.2 Å². The summed E-state index contributed by atoms with van der Waals surface area (Å²) in [5.74, 6) is -0.635. The van der Waals surface area contributed by atoms with Crippen molar-refractivity contribution in [2.45, 2.75) is 6.10 Å². The lowest BCUT2D eigenvalue weighted by atomic mass is 10.2. The first-order chi connectivity index (χ1) is 11.6. The van der Waals surface area contributed by atoms with E-state index in [0.29, 0.717) is 12.1 Å². The Morgan fingerprint density at radius 2 is 2.38 bits per heavy atom. The highest BCUT2D eigenvalue weighted by molar-refractivity contribution is 5.89. The Morgan fingerprint density at radius 3 is 3.04 bits per heavy atom. The number of carbonyl (C=O) groups excluding carboxylic acids is 2. The quantitative estimate of drug-likeness (QED) is 0.791. The second kappa shape index (κ2) is 6.33. The number of aromatic nitrogens is 3. The van der Waals surface area contributed by atoms with Gasteiger partial charge < -0.3 is 10.1 Å². The first-order valence-electron chi connectivity index (χ1n) is 6.90. The highest BCUT2D eigenvalue weighted by Crippen LogP contribution is 2.25. The molecule has 2 aromatic rings. The van der Waals surface area contributed by atoms with Crippen molar-refractivity contribution in [2.24, 2.45) is 0 Å². The minimum absolute atomic E-state index is 0.0621. The van der Waals surface area contributed by atoms with Crippen molar-refractivity contribution in [3.63, 3.8) is 0 Å². The van der Waals surface area contributed by atoms with E-state index in [1.807, 2.05) is 0 Å². The Balaban J connectivity index is 1.81. The molecule has 122 valence electrons. The van der Waals surface area contributed by atoms with Gasteiger partial charge in [-0.2, -0.15) is 5.26 Å². The molecule has 1 fully saturated rings. The van der Waals surface area contributed by atoms with E-state index >= 15 is 0 Å². The highest BCUT2D eigenvalue weighted by atomic mass is 19.1. The van der Waals surface area contributed by atoms with Crippen LogP contribution >= 0.6 is 0 Å². The zero-order valence-electron chi connectivity index (χ0n) is 12.2. The summed E-state index contributed by atoms with van der Waals surface area (Å²) in [6, 6.07) is 5.92. The molecule has 0 aliphatic carbocycles. The van der Waals surface area contributed by atoms with E-state index in [1.54, 1.807) is 6.07 Å². The number of benzene rings is 1. The van der Waals surface area contributed by atoms with Crippen LogP contribution in [0.5, 0.6) is 0 Å². The summed E-state index contributed by atoms with van der Waals surface area (Å²) in [5.41, 5.74) is 0.474. The van der Waals surface area contributed by atoms with Crippen LogP contribution in [0.15, 0.2) is 24.4 Å². The molecule has 24 heavy (non-hydrogen) atoms. The molecule has 1 aliphatic heterocycles. The average Bonchev–Trinajstić information content (AvgIpc) is 3.19. The van der Waals surface area contributed by atoms with Gasteiger partial charge in [0.05, 0.1) is 25.0 Å². The van der Waals surface area contributed by atoms with Crippen LogP contribution in [-0.2, 0) is 9.53 Å². The number of anilines is 1. The molecule has 0 radical (unpaired) electrons. The van der Waals surface area contributed by atoms with Crippen LogP contribution in [0.4, 0.5) is 14.9 Å². The Kier molecular flexibility index (Phi) is 4.07. The fourth-order valence-electron chi connectivity index (χ4n) is 2.30. The first-order valence-corrected chi connectivity index (χ1v) is 6.90. The maximum atomic E-state index is 14.3. The number of ether oxygens (including phenoxy) is 1. The van der Waals surface area contributed by atoms with Crippen molar-refractivity contribution in [1.29, 1.82) is 5.26 Å². The molecular formula is C14H11FN6O3. The summed E-state index contributed by atoms with van der Waals surface area (Å²) >= 11 is 0. The Morgan fingerprint density at radius 1 is 1.54 bits per heavy atom. The van der Waals surface area contributed by atoms with Gasteiger partial charge in [-0.1, -0.05) is 5.21 Å². The topological polar surface area (TPSA) is 113 Å². The number of halogens is 1. The van der Waals surface area contributed by atoms with Crippen LogP contribution in [0, 0.1) is 17.1 Å².